The molecule has 0 aromatic carbocycles. The summed E-state index contributed by atoms with van der Waals surface area (Å²) in [5.74, 6) is -2.36. The van der Waals surface area contributed by atoms with E-state index in [1.807, 2.05) is 11.8 Å². The fourth-order valence-electron chi connectivity index (χ4n) is 2.09. The molecule has 2 heterocycles. The molecule has 1 N–H and O–H groups in total. The molecule has 1 atom stereocenters. The van der Waals surface area contributed by atoms with E-state index in [0.29, 0.717) is 6.54 Å². The fourth-order valence-corrected chi connectivity index (χ4v) is 3.07. The average molecular weight is 280 g/mol. The van der Waals surface area contributed by atoms with Crippen molar-refractivity contribution in [1.82, 2.24) is 10.2 Å². The van der Waals surface area contributed by atoms with Gasteiger partial charge in [0.2, 0.25) is 0 Å². The Morgan fingerprint density at radius 2 is 2.17 bits per heavy atom. The van der Waals surface area contributed by atoms with E-state index in [1.165, 1.54) is 0 Å². The molecule has 0 bridgehead atoms. The van der Waals surface area contributed by atoms with Crippen LogP contribution < -0.4 is 5.32 Å². The Bertz CT molecular complexity index is 299. The number of cyclic esters (lactones) is 1. The number of nitrogens with one attached hydrogen (secondary N) is 1. The van der Waals surface area contributed by atoms with Gasteiger partial charge >= 0.3 is 11.9 Å². The van der Waals surface area contributed by atoms with Crippen LogP contribution in [0.4, 0.5) is 8.78 Å². The standard InChI is InChI=1S/C11H18F2N2O2S/c12-11(13)7-9(17-10(11)16)8-14-1-2-15-3-5-18-6-4-15/h9,14H,1-8H2. The smallest absolute Gasteiger partial charge is 0.377 e. The average Bonchev–Trinajstić information content (AvgIpc) is 2.60. The molecule has 7 heteroatoms. The number of alkyl halides is 2. The van der Waals surface area contributed by atoms with Gasteiger partial charge in [-0.05, 0) is 0 Å². The summed E-state index contributed by atoms with van der Waals surface area (Å²) >= 11 is 1.96. The van der Waals surface area contributed by atoms with Crippen molar-refractivity contribution in [3.05, 3.63) is 0 Å². The molecule has 0 spiro atoms. The Hall–Kier alpha value is -0.400. The van der Waals surface area contributed by atoms with E-state index in [2.05, 4.69) is 15.0 Å². The van der Waals surface area contributed by atoms with Crippen molar-refractivity contribution in [2.24, 2.45) is 0 Å². The maximum Gasteiger partial charge on any atom is 0.377 e. The third-order valence-corrected chi connectivity index (χ3v) is 4.08. The molecule has 2 saturated heterocycles. The van der Waals surface area contributed by atoms with Crippen molar-refractivity contribution in [2.45, 2.75) is 18.4 Å². The van der Waals surface area contributed by atoms with Gasteiger partial charge in [0, 0.05) is 44.2 Å². The van der Waals surface area contributed by atoms with Crippen molar-refractivity contribution in [3.8, 4) is 0 Å². The highest BCUT2D eigenvalue weighted by Crippen LogP contribution is 2.30. The molecule has 18 heavy (non-hydrogen) atoms. The fraction of sp³-hybridized carbons (Fsp3) is 0.909. The highest BCUT2D eigenvalue weighted by molar-refractivity contribution is 7.99. The lowest BCUT2D eigenvalue weighted by molar-refractivity contribution is -0.159. The van der Waals surface area contributed by atoms with Gasteiger partial charge in [0.1, 0.15) is 6.10 Å². The third-order valence-electron chi connectivity index (χ3n) is 3.14. The van der Waals surface area contributed by atoms with Gasteiger partial charge in [-0.3, -0.25) is 0 Å². The molecule has 0 aromatic heterocycles. The predicted octanol–water partition coefficient (Wildman–Crippen LogP) is 0.576. The van der Waals surface area contributed by atoms with Crippen LogP contribution in [0.25, 0.3) is 0 Å². The Morgan fingerprint density at radius 1 is 1.44 bits per heavy atom. The molecule has 4 nitrogen and oxygen atoms in total. The molecule has 2 aliphatic rings. The molecule has 0 amide bonds. The van der Waals surface area contributed by atoms with E-state index in [0.717, 1.165) is 37.7 Å². The maximum atomic E-state index is 12.9. The van der Waals surface area contributed by atoms with Crippen LogP contribution in [-0.2, 0) is 9.53 Å². The monoisotopic (exact) mass is 280 g/mol. The van der Waals surface area contributed by atoms with Crippen molar-refractivity contribution in [2.75, 3.05) is 44.2 Å². The molecule has 2 aliphatic heterocycles. The SMILES string of the molecule is O=C1OC(CNCCN2CCSCC2)CC1(F)F. The van der Waals surface area contributed by atoms with E-state index in [9.17, 15) is 13.6 Å². The first-order chi connectivity index (χ1) is 8.58. The third kappa shape index (κ3) is 3.80. The van der Waals surface area contributed by atoms with Gasteiger partial charge in [-0.15, -0.1) is 0 Å². The number of carbonyl (C=O) groups is 1. The van der Waals surface area contributed by atoms with Crippen molar-refractivity contribution in [3.63, 3.8) is 0 Å². The van der Waals surface area contributed by atoms with Gasteiger partial charge < -0.3 is 15.0 Å². The predicted molar refractivity (Wildman–Crippen MR) is 66.1 cm³/mol. The van der Waals surface area contributed by atoms with Crippen LogP contribution >= 0.6 is 11.8 Å². The Kier molecular flexibility index (Phi) is 4.80. The number of halogens is 2. The highest BCUT2D eigenvalue weighted by atomic mass is 32.2. The second-order valence-corrected chi connectivity index (χ2v) is 5.82. The van der Waals surface area contributed by atoms with E-state index >= 15 is 0 Å². The van der Waals surface area contributed by atoms with Crippen molar-refractivity contribution < 1.29 is 18.3 Å². The van der Waals surface area contributed by atoms with Crippen LogP contribution in [0, 0.1) is 0 Å². The van der Waals surface area contributed by atoms with Crippen LogP contribution in [-0.4, -0.2) is 67.1 Å². The number of esters is 1. The minimum atomic E-state index is -3.30. The summed E-state index contributed by atoms with van der Waals surface area (Å²) in [6.45, 7) is 4.14. The molecule has 1 unspecified atom stereocenters. The molecule has 104 valence electrons. The zero-order chi connectivity index (χ0) is 13.0. The topological polar surface area (TPSA) is 41.6 Å². The van der Waals surface area contributed by atoms with Crippen molar-refractivity contribution in [1.29, 1.82) is 0 Å². The lowest BCUT2D eigenvalue weighted by atomic mass is 10.2. The molecule has 2 rings (SSSR count). The van der Waals surface area contributed by atoms with Gasteiger partial charge in [0.25, 0.3) is 0 Å². The van der Waals surface area contributed by atoms with E-state index in [-0.39, 0.29) is 0 Å². The lowest BCUT2D eigenvalue weighted by Crippen LogP contribution is -2.39. The molecule has 2 fully saturated rings. The minimum Gasteiger partial charge on any atom is -0.456 e. The second-order valence-electron chi connectivity index (χ2n) is 4.59. The molecule has 0 aromatic rings. The summed E-state index contributed by atoms with van der Waals surface area (Å²) in [7, 11) is 0. The number of hydrogen-bond acceptors (Lipinski definition) is 5. The molecule has 0 saturated carbocycles. The maximum absolute atomic E-state index is 12.9. The highest BCUT2D eigenvalue weighted by Gasteiger charge is 2.50. The van der Waals surface area contributed by atoms with Gasteiger partial charge in [0.15, 0.2) is 0 Å². The van der Waals surface area contributed by atoms with Gasteiger partial charge in [-0.1, -0.05) is 0 Å². The normalized spacial score (nSPS) is 28.3. The summed E-state index contributed by atoms with van der Waals surface area (Å²) < 4.78 is 30.4. The summed E-state index contributed by atoms with van der Waals surface area (Å²) in [6.07, 6.45) is -1.19. The number of rotatable bonds is 5. The number of nitrogens with zero attached hydrogens (tertiary/aromatic N) is 1. The van der Waals surface area contributed by atoms with E-state index in [4.69, 9.17) is 0 Å². The first-order valence-electron chi connectivity index (χ1n) is 6.18. The Balaban J connectivity index is 1.57. The summed E-state index contributed by atoms with van der Waals surface area (Å²) in [5.41, 5.74) is 0. The summed E-state index contributed by atoms with van der Waals surface area (Å²) in [5, 5.41) is 3.07. The second kappa shape index (κ2) is 6.16. The summed E-state index contributed by atoms with van der Waals surface area (Å²) in [6, 6.07) is 0. The zero-order valence-electron chi connectivity index (χ0n) is 10.2. The van der Waals surface area contributed by atoms with Crippen LogP contribution in [0.5, 0.6) is 0 Å². The van der Waals surface area contributed by atoms with Crippen LogP contribution in [0.3, 0.4) is 0 Å². The number of ether oxygens (including phenoxy) is 1. The Morgan fingerprint density at radius 3 is 2.78 bits per heavy atom. The summed E-state index contributed by atoms with van der Waals surface area (Å²) in [4.78, 5) is 13.1. The number of thioether (sulfide) groups is 1. The van der Waals surface area contributed by atoms with Gasteiger partial charge in [-0.25, -0.2) is 4.79 Å². The first-order valence-corrected chi connectivity index (χ1v) is 7.33. The first kappa shape index (κ1) is 14.0. The van der Waals surface area contributed by atoms with Crippen molar-refractivity contribution >= 4 is 17.7 Å². The lowest BCUT2D eigenvalue weighted by Gasteiger charge is -2.26. The quantitative estimate of drug-likeness (QED) is 0.589. The molecule has 0 radical (unpaired) electrons. The number of carbonyl (C=O) groups excluding carboxylic acids is 1. The van der Waals surface area contributed by atoms with Crippen LogP contribution in [0.15, 0.2) is 0 Å². The largest absolute Gasteiger partial charge is 0.456 e. The number of hydrogen-bond donors (Lipinski definition) is 1. The molecular formula is C11H18F2N2O2S. The molecule has 0 aliphatic carbocycles. The van der Waals surface area contributed by atoms with Crippen LogP contribution in [0.2, 0.25) is 0 Å². The van der Waals surface area contributed by atoms with E-state index < -0.39 is 24.4 Å². The van der Waals surface area contributed by atoms with Gasteiger partial charge in [0.05, 0.1) is 6.42 Å². The minimum absolute atomic E-state index is 0.309. The Labute approximate surface area is 109 Å². The zero-order valence-corrected chi connectivity index (χ0v) is 11.0. The molecular weight excluding hydrogens is 262 g/mol. The van der Waals surface area contributed by atoms with E-state index in [1.54, 1.807) is 0 Å². The van der Waals surface area contributed by atoms with Gasteiger partial charge in [-0.2, -0.15) is 20.5 Å². The van der Waals surface area contributed by atoms with Crippen LogP contribution in [0.1, 0.15) is 6.42 Å².